The highest BCUT2D eigenvalue weighted by atomic mass is 16.3. The van der Waals surface area contributed by atoms with Gasteiger partial charge in [-0.05, 0) is 12.5 Å². The first-order valence-corrected chi connectivity index (χ1v) is 7.12. The highest BCUT2D eigenvalue weighted by Gasteiger charge is 2.36. The summed E-state index contributed by atoms with van der Waals surface area (Å²) in [5.74, 6) is 0.566. The minimum Gasteiger partial charge on any atom is -0.386 e. The number of aliphatic hydroxyl groups is 1. The summed E-state index contributed by atoms with van der Waals surface area (Å²) in [7, 11) is 0. The second-order valence-electron chi connectivity index (χ2n) is 5.44. The van der Waals surface area contributed by atoms with Crippen LogP contribution in [0.1, 0.15) is 6.42 Å². The van der Waals surface area contributed by atoms with Gasteiger partial charge in [0.2, 0.25) is 5.91 Å². The fourth-order valence-electron chi connectivity index (χ4n) is 2.51. The van der Waals surface area contributed by atoms with E-state index in [0.717, 1.165) is 5.82 Å². The van der Waals surface area contributed by atoms with E-state index in [9.17, 15) is 9.90 Å². The van der Waals surface area contributed by atoms with Crippen LogP contribution < -0.4 is 10.2 Å². The van der Waals surface area contributed by atoms with Gasteiger partial charge in [-0.25, -0.2) is 4.98 Å². The average Bonchev–Trinajstić information content (AvgIpc) is 3.17. The van der Waals surface area contributed by atoms with E-state index in [1.54, 1.807) is 41.7 Å². The predicted octanol–water partition coefficient (Wildman–Crippen LogP) is -0.569. The molecule has 1 fully saturated rings. The van der Waals surface area contributed by atoms with Crippen LogP contribution in [0.2, 0.25) is 0 Å². The summed E-state index contributed by atoms with van der Waals surface area (Å²) in [6.07, 6.45) is 8.82. The third kappa shape index (κ3) is 3.40. The Labute approximate surface area is 127 Å². The van der Waals surface area contributed by atoms with Gasteiger partial charge in [0.25, 0.3) is 0 Å². The molecule has 0 saturated carbocycles. The SMILES string of the molecule is O=C(Cn1cccn1)NCC1(O)CCN(c2cnccn2)C1. The molecule has 3 heterocycles. The smallest absolute Gasteiger partial charge is 0.241 e. The van der Waals surface area contributed by atoms with Crippen molar-refractivity contribution in [2.45, 2.75) is 18.6 Å². The highest BCUT2D eigenvalue weighted by Crippen LogP contribution is 2.24. The number of rotatable bonds is 5. The molecule has 1 atom stereocenters. The summed E-state index contributed by atoms with van der Waals surface area (Å²) in [5, 5.41) is 17.3. The number of nitrogens with one attached hydrogen (secondary N) is 1. The maximum absolute atomic E-state index is 11.8. The van der Waals surface area contributed by atoms with Gasteiger partial charge in [0.1, 0.15) is 18.0 Å². The molecule has 0 spiro atoms. The van der Waals surface area contributed by atoms with E-state index >= 15 is 0 Å². The molecule has 1 saturated heterocycles. The number of nitrogens with zero attached hydrogens (tertiary/aromatic N) is 5. The Morgan fingerprint density at radius 3 is 3.05 bits per heavy atom. The molecule has 3 rings (SSSR count). The molecule has 1 amide bonds. The maximum atomic E-state index is 11.8. The summed E-state index contributed by atoms with van der Waals surface area (Å²) in [6.45, 7) is 1.47. The monoisotopic (exact) mass is 302 g/mol. The van der Waals surface area contributed by atoms with Gasteiger partial charge in [-0.15, -0.1) is 0 Å². The van der Waals surface area contributed by atoms with Crippen molar-refractivity contribution >= 4 is 11.7 Å². The third-order valence-electron chi connectivity index (χ3n) is 3.69. The highest BCUT2D eigenvalue weighted by molar-refractivity contribution is 5.75. The van der Waals surface area contributed by atoms with E-state index in [4.69, 9.17) is 0 Å². The molecule has 0 aliphatic carbocycles. The number of aromatic nitrogens is 4. The first-order valence-electron chi connectivity index (χ1n) is 7.12. The molecule has 1 aliphatic heterocycles. The van der Waals surface area contributed by atoms with Crippen LogP contribution in [0.4, 0.5) is 5.82 Å². The van der Waals surface area contributed by atoms with Crippen molar-refractivity contribution in [2.75, 3.05) is 24.5 Å². The topological polar surface area (TPSA) is 96.2 Å². The summed E-state index contributed by atoms with van der Waals surface area (Å²) >= 11 is 0. The molecule has 2 aromatic rings. The number of anilines is 1. The lowest BCUT2D eigenvalue weighted by atomic mass is 10.0. The van der Waals surface area contributed by atoms with Gasteiger partial charge in [-0.3, -0.25) is 14.5 Å². The number of amides is 1. The van der Waals surface area contributed by atoms with E-state index in [2.05, 4.69) is 20.4 Å². The summed E-state index contributed by atoms with van der Waals surface area (Å²) < 4.78 is 1.54. The Morgan fingerprint density at radius 1 is 1.41 bits per heavy atom. The van der Waals surface area contributed by atoms with Crippen LogP contribution in [0.15, 0.2) is 37.1 Å². The average molecular weight is 302 g/mol. The van der Waals surface area contributed by atoms with Crippen molar-refractivity contribution in [1.82, 2.24) is 25.1 Å². The van der Waals surface area contributed by atoms with Crippen molar-refractivity contribution in [1.29, 1.82) is 0 Å². The number of β-amino-alcohol motifs (C(OH)–C–C–N with tert-alkyl or cyclic N) is 1. The van der Waals surface area contributed by atoms with Crippen molar-refractivity contribution < 1.29 is 9.90 Å². The fraction of sp³-hybridized carbons (Fsp3) is 0.429. The van der Waals surface area contributed by atoms with Gasteiger partial charge >= 0.3 is 0 Å². The zero-order chi connectivity index (χ0) is 15.4. The Balaban J connectivity index is 1.51. The summed E-state index contributed by atoms with van der Waals surface area (Å²) in [5.41, 5.74) is -0.947. The minimum absolute atomic E-state index is 0.150. The van der Waals surface area contributed by atoms with Gasteiger partial charge in [0.05, 0.1) is 6.20 Å². The minimum atomic E-state index is -0.947. The first kappa shape index (κ1) is 14.5. The molecular formula is C14H18N6O2. The molecule has 22 heavy (non-hydrogen) atoms. The van der Waals surface area contributed by atoms with Crippen LogP contribution in [0.25, 0.3) is 0 Å². The molecule has 2 N–H and O–H groups in total. The lowest BCUT2D eigenvalue weighted by Gasteiger charge is -2.24. The largest absolute Gasteiger partial charge is 0.386 e. The Kier molecular flexibility index (Phi) is 4.01. The molecule has 116 valence electrons. The van der Waals surface area contributed by atoms with Crippen LogP contribution in [-0.2, 0) is 11.3 Å². The standard InChI is InChI=1S/C14H18N6O2/c21-13(9-20-6-1-3-18-20)17-10-14(22)2-7-19(11-14)12-8-15-4-5-16-12/h1,3-6,8,22H,2,7,9-11H2,(H,17,21). The maximum Gasteiger partial charge on any atom is 0.241 e. The van der Waals surface area contributed by atoms with E-state index in [-0.39, 0.29) is 19.0 Å². The number of hydrogen-bond donors (Lipinski definition) is 2. The van der Waals surface area contributed by atoms with Crippen molar-refractivity contribution in [3.05, 3.63) is 37.1 Å². The van der Waals surface area contributed by atoms with E-state index in [1.807, 2.05) is 4.90 Å². The zero-order valence-electron chi connectivity index (χ0n) is 12.1. The van der Waals surface area contributed by atoms with Crippen LogP contribution >= 0.6 is 0 Å². The molecule has 0 bridgehead atoms. The Hall–Kier alpha value is -2.48. The predicted molar refractivity (Wildman–Crippen MR) is 79.0 cm³/mol. The number of carbonyl (C=O) groups excluding carboxylic acids is 1. The summed E-state index contributed by atoms with van der Waals surface area (Å²) in [4.78, 5) is 22.1. The molecular weight excluding hydrogens is 284 g/mol. The zero-order valence-corrected chi connectivity index (χ0v) is 12.1. The van der Waals surface area contributed by atoms with Gasteiger partial charge < -0.3 is 15.3 Å². The molecule has 1 aliphatic rings. The molecule has 2 aromatic heterocycles. The lowest BCUT2D eigenvalue weighted by molar-refractivity contribution is -0.122. The van der Waals surface area contributed by atoms with Gasteiger partial charge in [0.15, 0.2) is 0 Å². The third-order valence-corrected chi connectivity index (χ3v) is 3.69. The van der Waals surface area contributed by atoms with E-state index in [0.29, 0.717) is 19.5 Å². The Morgan fingerprint density at radius 2 is 2.32 bits per heavy atom. The molecule has 8 nitrogen and oxygen atoms in total. The van der Waals surface area contributed by atoms with Crippen molar-refractivity contribution in [2.24, 2.45) is 0 Å². The van der Waals surface area contributed by atoms with Gasteiger partial charge in [-0.2, -0.15) is 5.10 Å². The fourth-order valence-corrected chi connectivity index (χ4v) is 2.51. The first-order chi connectivity index (χ1) is 10.6. The molecule has 0 aromatic carbocycles. The summed E-state index contributed by atoms with van der Waals surface area (Å²) in [6, 6.07) is 1.76. The van der Waals surface area contributed by atoms with Crippen LogP contribution in [-0.4, -0.2) is 56.0 Å². The van der Waals surface area contributed by atoms with Crippen LogP contribution in [0.5, 0.6) is 0 Å². The van der Waals surface area contributed by atoms with Crippen molar-refractivity contribution in [3.8, 4) is 0 Å². The molecule has 1 unspecified atom stereocenters. The normalized spacial score (nSPS) is 21.0. The molecule has 8 heteroatoms. The van der Waals surface area contributed by atoms with E-state index < -0.39 is 5.60 Å². The van der Waals surface area contributed by atoms with Gasteiger partial charge in [-0.1, -0.05) is 0 Å². The second kappa shape index (κ2) is 6.10. The lowest BCUT2D eigenvalue weighted by Crippen LogP contribution is -2.45. The van der Waals surface area contributed by atoms with Crippen molar-refractivity contribution in [3.63, 3.8) is 0 Å². The van der Waals surface area contributed by atoms with Crippen LogP contribution in [0.3, 0.4) is 0 Å². The van der Waals surface area contributed by atoms with Crippen LogP contribution in [0, 0.1) is 0 Å². The quantitative estimate of drug-likeness (QED) is 0.768. The second-order valence-corrected chi connectivity index (χ2v) is 5.44. The molecule has 0 radical (unpaired) electrons. The van der Waals surface area contributed by atoms with E-state index in [1.165, 1.54) is 0 Å². The number of hydrogen-bond acceptors (Lipinski definition) is 6. The number of carbonyl (C=O) groups is 1. The van der Waals surface area contributed by atoms with Gasteiger partial charge in [0, 0.05) is 44.4 Å². The Bertz CT molecular complexity index is 618.